The second-order valence-corrected chi connectivity index (χ2v) is 5.65. The Balaban J connectivity index is 1.58. The standard InChI is InChI=1S/C16H28N4/c1-2-3-4-5-6-7-11-19-12-14-20(15-13-19)16-17-9-8-10-18-16/h8-10H,2-7,11-15H2,1H3. The topological polar surface area (TPSA) is 32.3 Å². The fourth-order valence-electron chi connectivity index (χ4n) is 2.74. The van der Waals surface area contributed by atoms with Gasteiger partial charge in [0.15, 0.2) is 0 Å². The number of anilines is 1. The smallest absolute Gasteiger partial charge is 0.225 e. The first-order valence-corrected chi connectivity index (χ1v) is 8.14. The van der Waals surface area contributed by atoms with Crippen molar-refractivity contribution in [1.29, 1.82) is 0 Å². The Kier molecular flexibility index (Phi) is 6.78. The first-order valence-electron chi connectivity index (χ1n) is 8.14. The van der Waals surface area contributed by atoms with Gasteiger partial charge >= 0.3 is 0 Å². The lowest BCUT2D eigenvalue weighted by Crippen LogP contribution is -2.47. The van der Waals surface area contributed by atoms with Crippen molar-refractivity contribution in [3.8, 4) is 0 Å². The summed E-state index contributed by atoms with van der Waals surface area (Å²) in [6, 6.07) is 1.87. The molecule has 0 bridgehead atoms. The van der Waals surface area contributed by atoms with Crippen molar-refractivity contribution in [2.45, 2.75) is 45.4 Å². The average Bonchev–Trinajstić information content (AvgIpc) is 2.52. The molecule has 0 unspecified atom stereocenters. The third-order valence-electron chi connectivity index (χ3n) is 4.04. The maximum absolute atomic E-state index is 4.33. The highest BCUT2D eigenvalue weighted by atomic mass is 15.3. The third kappa shape index (κ3) is 5.08. The predicted octanol–water partition coefficient (Wildman–Crippen LogP) is 2.96. The molecule has 0 aliphatic carbocycles. The second-order valence-electron chi connectivity index (χ2n) is 5.65. The lowest BCUT2D eigenvalue weighted by atomic mass is 10.1. The van der Waals surface area contributed by atoms with Crippen LogP contribution in [-0.2, 0) is 0 Å². The fourth-order valence-corrected chi connectivity index (χ4v) is 2.74. The van der Waals surface area contributed by atoms with E-state index in [1.807, 2.05) is 18.5 Å². The minimum absolute atomic E-state index is 0.881. The monoisotopic (exact) mass is 276 g/mol. The summed E-state index contributed by atoms with van der Waals surface area (Å²) in [5.41, 5.74) is 0. The SMILES string of the molecule is CCCCCCCCN1CCN(c2ncccn2)CC1. The van der Waals surface area contributed by atoms with Gasteiger partial charge in [0.05, 0.1) is 0 Å². The van der Waals surface area contributed by atoms with E-state index in [9.17, 15) is 0 Å². The summed E-state index contributed by atoms with van der Waals surface area (Å²) in [4.78, 5) is 13.5. The fraction of sp³-hybridized carbons (Fsp3) is 0.750. The normalized spacial score (nSPS) is 16.6. The zero-order valence-corrected chi connectivity index (χ0v) is 12.8. The molecule has 1 saturated heterocycles. The molecule has 1 aliphatic heterocycles. The molecule has 4 nitrogen and oxygen atoms in total. The molecule has 0 atom stereocenters. The van der Waals surface area contributed by atoms with Crippen LogP contribution in [0.4, 0.5) is 5.95 Å². The molecule has 0 aromatic carbocycles. The first kappa shape index (κ1) is 15.2. The van der Waals surface area contributed by atoms with Crippen LogP contribution in [-0.4, -0.2) is 47.6 Å². The Morgan fingerprint density at radius 3 is 2.25 bits per heavy atom. The van der Waals surface area contributed by atoms with Crippen molar-refractivity contribution in [2.24, 2.45) is 0 Å². The largest absolute Gasteiger partial charge is 0.338 e. The van der Waals surface area contributed by atoms with Crippen molar-refractivity contribution in [3.63, 3.8) is 0 Å². The second kappa shape index (κ2) is 8.90. The number of rotatable bonds is 8. The number of hydrogen-bond donors (Lipinski definition) is 0. The molecule has 4 heteroatoms. The van der Waals surface area contributed by atoms with Gasteiger partial charge in [-0.05, 0) is 19.0 Å². The Labute approximate surface area is 123 Å². The van der Waals surface area contributed by atoms with Gasteiger partial charge in [-0.2, -0.15) is 0 Å². The van der Waals surface area contributed by atoms with Gasteiger partial charge in [0.25, 0.3) is 0 Å². The Hall–Kier alpha value is -1.16. The summed E-state index contributed by atoms with van der Waals surface area (Å²) in [5, 5.41) is 0. The van der Waals surface area contributed by atoms with Gasteiger partial charge in [-0.25, -0.2) is 9.97 Å². The van der Waals surface area contributed by atoms with Crippen LogP contribution in [0.3, 0.4) is 0 Å². The van der Waals surface area contributed by atoms with E-state index in [-0.39, 0.29) is 0 Å². The van der Waals surface area contributed by atoms with Gasteiger partial charge in [0, 0.05) is 38.6 Å². The molecule has 2 heterocycles. The molecular formula is C16H28N4. The molecule has 1 fully saturated rings. The number of aromatic nitrogens is 2. The highest BCUT2D eigenvalue weighted by Crippen LogP contribution is 2.11. The lowest BCUT2D eigenvalue weighted by molar-refractivity contribution is 0.251. The molecule has 0 amide bonds. The lowest BCUT2D eigenvalue weighted by Gasteiger charge is -2.34. The number of piperazine rings is 1. The third-order valence-corrected chi connectivity index (χ3v) is 4.04. The van der Waals surface area contributed by atoms with Gasteiger partial charge in [-0.15, -0.1) is 0 Å². The van der Waals surface area contributed by atoms with Crippen LogP contribution in [0.15, 0.2) is 18.5 Å². The quantitative estimate of drug-likeness (QED) is 0.683. The minimum Gasteiger partial charge on any atom is -0.338 e. The molecule has 1 aromatic rings. The van der Waals surface area contributed by atoms with Crippen LogP contribution in [0.2, 0.25) is 0 Å². The summed E-state index contributed by atoms with van der Waals surface area (Å²) >= 11 is 0. The Morgan fingerprint density at radius 2 is 1.55 bits per heavy atom. The van der Waals surface area contributed by atoms with Gasteiger partial charge in [0.1, 0.15) is 0 Å². The van der Waals surface area contributed by atoms with E-state index < -0.39 is 0 Å². The molecule has 1 aliphatic rings. The molecular weight excluding hydrogens is 248 g/mol. The zero-order valence-electron chi connectivity index (χ0n) is 12.8. The van der Waals surface area contributed by atoms with Crippen molar-refractivity contribution in [3.05, 3.63) is 18.5 Å². The summed E-state index contributed by atoms with van der Waals surface area (Å²) in [6.45, 7) is 7.94. The maximum Gasteiger partial charge on any atom is 0.225 e. The van der Waals surface area contributed by atoms with Crippen LogP contribution in [0.5, 0.6) is 0 Å². The van der Waals surface area contributed by atoms with Crippen molar-refractivity contribution >= 4 is 5.95 Å². The molecule has 1 aromatic heterocycles. The highest BCUT2D eigenvalue weighted by molar-refractivity contribution is 5.29. The van der Waals surface area contributed by atoms with Crippen LogP contribution in [0.1, 0.15) is 45.4 Å². The molecule has 0 radical (unpaired) electrons. The maximum atomic E-state index is 4.33. The molecule has 0 spiro atoms. The van der Waals surface area contributed by atoms with Crippen LogP contribution >= 0.6 is 0 Å². The van der Waals surface area contributed by atoms with Gasteiger partial charge < -0.3 is 4.90 Å². The predicted molar refractivity (Wildman–Crippen MR) is 84.1 cm³/mol. The van der Waals surface area contributed by atoms with Crippen LogP contribution in [0.25, 0.3) is 0 Å². The van der Waals surface area contributed by atoms with E-state index in [1.54, 1.807) is 0 Å². The average molecular weight is 276 g/mol. The van der Waals surface area contributed by atoms with E-state index in [0.717, 1.165) is 32.1 Å². The Morgan fingerprint density at radius 1 is 0.900 bits per heavy atom. The Bertz CT molecular complexity index is 347. The van der Waals surface area contributed by atoms with Crippen molar-refractivity contribution in [1.82, 2.24) is 14.9 Å². The summed E-state index contributed by atoms with van der Waals surface area (Å²) in [6.07, 6.45) is 11.9. The van der Waals surface area contributed by atoms with E-state index in [1.165, 1.54) is 45.1 Å². The summed E-state index contributed by atoms with van der Waals surface area (Å²) < 4.78 is 0. The molecule has 2 rings (SSSR count). The van der Waals surface area contributed by atoms with E-state index in [4.69, 9.17) is 0 Å². The first-order chi connectivity index (χ1) is 9.90. The zero-order chi connectivity index (χ0) is 14.0. The van der Waals surface area contributed by atoms with Crippen molar-refractivity contribution < 1.29 is 0 Å². The molecule has 0 saturated carbocycles. The number of unbranched alkanes of at least 4 members (excludes halogenated alkanes) is 5. The van der Waals surface area contributed by atoms with Gasteiger partial charge in [-0.1, -0.05) is 39.0 Å². The van der Waals surface area contributed by atoms with E-state index in [0.29, 0.717) is 0 Å². The number of hydrogen-bond acceptors (Lipinski definition) is 4. The number of nitrogens with zero attached hydrogens (tertiary/aromatic N) is 4. The van der Waals surface area contributed by atoms with Gasteiger partial charge in [-0.3, -0.25) is 4.90 Å². The van der Waals surface area contributed by atoms with Gasteiger partial charge in [0.2, 0.25) is 5.95 Å². The summed E-state index contributed by atoms with van der Waals surface area (Å²) in [5.74, 6) is 0.881. The highest BCUT2D eigenvalue weighted by Gasteiger charge is 2.17. The molecule has 20 heavy (non-hydrogen) atoms. The minimum atomic E-state index is 0.881. The van der Waals surface area contributed by atoms with E-state index in [2.05, 4.69) is 26.7 Å². The molecule has 112 valence electrons. The van der Waals surface area contributed by atoms with Crippen LogP contribution in [0, 0.1) is 0 Å². The summed E-state index contributed by atoms with van der Waals surface area (Å²) in [7, 11) is 0. The van der Waals surface area contributed by atoms with E-state index >= 15 is 0 Å². The molecule has 0 N–H and O–H groups in total. The van der Waals surface area contributed by atoms with Crippen LogP contribution < -0.4 is 4.90 Å². The van der Waals surface area contributed by atoms with Crippen molar-refractivity contribution in [2.75, 3.05) is 37.6 Å².